The number of benzene rings is 1. The van der Waals surface area contributed by atoms with Crippen LogP contribution in [0.4, 0.5) is 4.39 Å². The highest BCUT2D eigenvalue weighted by atomic mass is 32.2. The molecule has 0 aliphatic heterocycles. The Morgan fingerprint density at radius 1 is 1.27 bits per heavy atom. The third-order valence-electron chi connectivity index (χ3n) is 3.14. The lowest BCUT2D eigenvalue weighted by Gasteiger charge is -2.06. The summed E-state index contributed by atoms with van der Waals surface area (Å²) in [7, 11) is 1.83. The van der Waals surface area contributed by atoms with Crippen molar-refractivity contribution >= 4 is 11.8 Å². The largest absolute Gasteiger partial charge is 0.305 e. The predicted molar refractivity (Wildman–Crippen MR) is 81.1 cm³/mol. The van der Waals surface area contributed by atoms with Gasteiger partial charge in [-0.15, -0.1) is 10.2 Å². The maximum atomic E-state index is 13.0. The average molecular weight is 315 g/mol. The van der Waals surface area contributed by atoms with E-state index < -0.39 is 0 Å². The fraction of sp³-hybridized carbons (Fsp3) is 0.333. The van der Waals surface area contributed by atoms with Crippen LogP contribution in [0.3, 0.4) is 0 Å². The van der Waals surface area contributed by atoms with E-state index in [0.29, 0.717) is 29.6 Å². The zero-order chi connectivity index (χ0) is 15.9. The van der Waals surface area contributed by atoms with Crippen LogP contribution in [0.5, 0.6) is 0 Å². The van der Waals surface area contributed by atoms with E-state index in [1.807, 2.05) is 17.7 Å². The van der Waals surface area contributed by atoms with Crippen LogP contribution in [0, 0.1) is 34.4 Å². The first kappa shape index (κ1) is 16.0. The number of nitriles is 2. The van der Waals surface area contributed by atoms with Gasteiger partial charge < -0.3 is 4.57 Å². The van der Waals surface area contributed by atoms with Gasteiger partial charge in [0.25, 0.3) is 0 Å². The Hall–Kier alpha value is -2.38. The Kier molecular flexibility index (Phi) is 5.51. The normalized spacial score (nSPS) is 11.6. The number of rotatable bonds is 6. The number of aromatic nitrogens is 3. The molecule has 112 valence electrons. The molecule has 1 aromatic carbocycles. The molecule has 0 saturated carbocycles. The first-order valence-corrected chi connectivity index (χ1v) is 7.69. The van der Waals surface area contributed by atoms with Crippen LogP contribution < -0.4 is 0 Å². The summed E-state index contributed by atoms with van der Waals surface area (Å²) in [6.07, 6.45) is 0.932. The molecule has 0 unspecified atom stereocenters. The van der Waals surface area contributed by atoms with Gasteiger partial charge in [-0.25, -0.2) is 4.39 Å². The molecule has 0 aliphatic rings. The molecule has 0 bridgehead atoms. The van der Waals surface area contributed by atoms with Crippen LogP contribution in [0.15, 0.2) is 29.4 Å². The van der Waals surface area contributed by atoms with Crippen molar-refractivity contribution in [2.75, 3.05) is 5.75 Å². The zero-order valence-corrected chi connectivity index (χ0v) is 12.8. The highest BCUT2D eigenvalue weighted by Gasteiger charge is 2.14. The lowest BCUT2D eigenvalue weighted by Crippen LogP contribution is -2.02. The van der Waals surface area contributed by atoms with Gasteiger partial charge in [0.1, 0.15) is 5.82 Å². The van der Waals surface area contributed by atoms with E-state index in [2.05, 4.69) is 16.3 Å². The fourth-order valence-corrected chi connectivity index (χ4v) is 2.86. The summed E-state index contributed by atoms with van der Waals surface area (Å²) in [5, 5.41) is 26.5. The molecule has 5 nitrogen and oxygen atoms in total. The molecule has 0 spiro atoms. The summed E-state index contributed by atoms with van der Waals surface area (Å²) in [5.74, 6) is 0.728. The zero-order valence-electron chi connectivity index (χ0n) is 12.0. The highest BCUT2D eigenvalue weighted by molar-refractivity contribution is 7.99. The van der Waals surface area contributed by atoms with E-state index in [9.17, 15) is 4.39 Å². The van der Waals surface area contributed by atoms with Crippen molar-refractivity contribution in [1.29, 1.82) is 10.5 Å². The summed E-state index contributed by atoms with van der Waals surface area (Å²) in [4.78, 5) is 0. The van der Waals surface area contributed by atoms with Crippen LogP contribution in [0.2, 0.25) is 0 Å². The van der Waals surface area contributed by atoms with Crippen molar-refractivity contribution < 1.29 is 4.39 Å². The van der Waals surface area contributed by atoms with E-state index in [4.69, 9.17) is 10.5 Å². The van der Waals surface area contributed by atoms with Gasteiger partial charge in [-0.2, -0.15) is 10.5 Å². The van der Waals surface area contributed by atoms with Crippen LogP contribution in [0.1, 0.15) is 12.8 Å². The first-order chi connectivity index (χ1) is 10.7. The molecule has 0 saturated heterocycles. The molecule has 0 fully saturated rings. The number of hydrogen-bond donors (Lipinski definition) is 0. The molecule has 1 aromatic heterocycles. The quantitative estimate of drug-likeness (QED) is 0.765. The summed E-state index contributed by atoms with van der Waals surface area (Å²) in [6.45, 7) is 0. The minimum atomic E-state index is -0.296. The second-order valence-corrected chi connectivity index (χ2v) is 5.69. The average Bonchev–Trinajstić information content (AvgIpc) is 2.89. The molecule has 0 radical (unpaired) electrons. The van der Waals surface area contributed by atoms with Gasteiger partial charge in [0, 0.05) is 24.8 Å². The summed E-state index contributed by atoms with van der Waals surface area (Å²) in [6, 6.07) is 10.3. The van der Waals surface area contributed by atoms with E-state index in [0.717, 1.165) is 5.56 Å². The molecule has 1 atom stereocenters. The van der Waals surface area contributed by atoms with E-state index in [1.54, 1.807) is 12.1 Å². The number of hydrogen-bond acceptors (Lipinski definition) is 5. The Balaban J connectivity index is 2.07. The van der Waals surface area contributed by atoms with Crippen molar-refractivity contribution in [2.45, 2.75) is 18.0 Å². The van der Waals surface area contributed by atoms with Crippen LogP contribution in [-0.2, 0) is 7.05 Å². The monoisotopic (exact) mass is 315 g/mol. The second-order valence-electron chi connectivity index (χ2n) is 4.71. The minimum absolute atomic E-state index is 0.185. The van der Waals surface area contributed by atoms with Gasteiger partial charge in [0.15, 0.2) is 11.0 Å². The first-order valence-electron chi connectivity index (χ1n) is 6.70. The van der Waals surface area contributed by atoms with Gasteiger partial charge in [0.2, 0.25) is 0 Å². The topological polar surface area (TPSA) is 78.3 Å². The molecular weight excluding hydrogens is 301 g/mol. The Bertz CT molecular complexity index is 711. The third-order valence-corrected chi connectivity index (χ3v) is 4.32. The molecule has 0 N–H and O–H groups in total. The smallest absolute Gasteiger partial charge is 0.191 e. The lowest BCUT2D eigenvalue weighted by molar-refractivity contribution is 0.628. The third kappa shape index (κ3) is 3.84. The molecule has 0 amide bonds. The molecule has 2 rings (SSSR count). The lowest BCUT2D eigenvalue weighted by atomic mass is 10.1. The number of halogens is 1. The molecule has 2 aromatic rings. The maximum Gasteiger partial charge on any atom is 0.191 e. The SMILES string of the molecule is Cn1c(SC[C@@H](C#N)CCC#N)nnc1-c1ccc(F)cc1. The van der Waals surface area contributed by atoms with Crippen LogP contribution in [-0.4, -0.2) is 20.5 Å². The maximum absolute atomic E-state index is 13.0. The van der Waals surface area contributed by atoms with Crippen molar-refractivity contribution in [3.8, 4) is 23.5 Å². The Morgan fingerprint density at radius 3 is 2.64 bits per heavy atom. The van der Waals surface area contributed by atoms with Crippen LogP contribution >= 0.6 is 11.8 Å². The fourth-order valence-electron chi connectivity index (χ4n) is 1.89. The minimum Gasteiger partial charge on any atom is -0.305 e. The molecule has 1 heterocycles. The van der Waals surface area contributed by atoms with Crippen molar-refractivity contribution in [1.82, 2.24) is 14.8 Å². The van der Waals surface area contributed by atoms with Gasteiger partial charge in [0.05, 0.1) is 18.1 Å². The second kappa shape index (κ2) is 7.58. The van der Waals surface area contributed by atoms with Gasteiger partial charge in [-0.3, -0.25) is 0 Å². The molecule has 22 heavy (non-hydrogen) atoms. The van der Waals surface area contributed by atoms with Crippen molar-refractivity contribution in [2.24, 2.45) is 13.0 Å². The van der Waals surface area contributed by atoms with E-state index in [1.165, 1.54) is 23.9 Å². The van der Waals surface area contributed by atoms with E-state index >= 15 is 0 Å². The summed E-state index contributed by atoms with van der Waals surface area (Å²) in [5.41, 5.74) is 0.782. The standard InChI is InChI=1S/C15H14FN5S/c1-21-14(12-4-6-13(16)7-5-12)19-20-15(21)22-10-11(9-18)3-2-8-17/h4-7,11H,2-3,10H2,1H3/t11-/m1/s1. The summed E-state index contributed by atoms with van der Waals surface area (Å²) >= 11 is 1.43. The number of nitrogens with zero attached hydrogens (tertiary/aromatic N) is 5. The van der Waals surface area contributed by atoms with Crippen molar-refractivity contribution in [3.05, 3.63) is 30.1 Å². The van der Waals surface area contributed by atoms with Gasteiger partial charge >= 0.3 is 0 Å². The van der Waals surface area contributed by atoms with Gasteiger partial charge in [-0.1, -0.05) is 11.8 Å². The number of thioether (sulfide) groups is 1. The molecule has 7 heteroatoms. The highest BCUT2D eigenvalue weighted by Crippen LogP contribution is 2.25. The van der Waals surface area contributed by atoms with E-state index in [-0.39, 0.29) is 11.7 Å². The van der Waals surface area contributed by atoms with Crippen LogP contribution in [0.25, 0.3) is 11.4 Å². The van der Waals surface area contributed by atoms with Crippen molar-refractivity contribution in [3.63, 3.8) is 0 Å². The molecule has 0 aliphatic carbocycles. The summed E-state index contributed by atoms with van der Waals surface area (Å²) < 4.78 is 14.8. The predicted octanol–water partition coefficient (Wildman–Crippen LogP) is 3.16. The molecular formula is C15H14FN5S. The Morgan fingerprint density at radius 2 is 2.00 bits per heavy atom. The Labute approximate surface area is 132 Å². The van der Waals surface area contributed by atoms with Gasteiger partial charge in [-0.05, 0) is 30.7 Å².